The van der Waals surface area contributed by atoms with Crippen molar-refractivity contribution in [1.29, 1.82) is 0 Å². The minimum absolute atomic E-state index is 0.396. The number of rotatable bonds is 2. The molecule has 0 atom stereocenters. The minimum Gasteiger partial charge on any atom is -0.298 e. The summed E-state index contributed by atoms with van der Waals surface area (Å²) in [4.78, 5) is 2.46. The molecule has 0 unspecified atom stereocenters. The first-order valence-electron chi connectivity index (χ1n) is 5.13. The van der Waals surface area contributed by atoms with Crippen LogP contribution in [0.25, 0.3) is 0 Å². The van der Waals surface area contributed by atoms with E-state index < -0.39 is 0 Å². The van der Waals surface area contributed by atoms with E-state index in [4.69, 9.17) is 0 Å². The van der Waals surface area contributed by atoms with Crippen molar-refractivity contribution in [2.45, 2.75) is 26.8 Å². The van der Waals surface area contributed by atoms with Gasteiger partial charge in [-0.3, -0.25) is 4.90 Å². The third-order valence-electron chi connectivity index (χ3n) is 2.45. The van der Waals surface area contributed by atoms with Crippen LogP contribution in [-0.2, 0) is 0 Å². The molecule has 0 radical (unpaired) electrons. The van der Waals surface area contributed by atoms with Crippen molar-refractivity contribution >= 4 is 0 Å². The lowest BCUT2D eigenvalue weighted by Gasteiger charge is -2.42. The highest BCUT2D eigenvalue weighted by molar-refractivity contribution is 4.87. The Morgan fingerprint density at radius 3 is 2.57 bits per heavy atom. The van der Waals surface area contributed by atoms with Gasteiger partial charge < -0.3 is 0 Å². The van der Waals surface area contributed by atoms with Crippen LogP contribution in [0.4, 0.5) is 0 Å². The Labute approximate surface area is 84.9 Å². The zero-order valence-electron chi connectivity index (χ0n) is 9.14. The van der Waals surface area contributed by atoms with E-state index in [1.807, 2.05) is 10.9 Å². The normalized spacial score (nSPS) is 19.6. The summed E-state index contributed by atoms with van der Waals surface area (Å²) in [5.74, 6) is 0. The fraction of sp³-hybridized carbons (Fsp3) is 0.800. The van der Waals surface area contributed by atoms with Crippen LogP contribution in [0.5, 0.6) is 0 Å². The number of likely N-dealkylation sites (tertiary alicyclic amines) is 1. The largest absolute Gasteiger partial charge is 0.298 e. The van der Waals surface area contributed by atoms with Gasteiger partial charge >= 0.3 is 0 Å². The lowest BCUT2D eigenvalue weighted by Crippen LogP contribution is -2.50. The van der Waals surface area contributed by atoms with E-state index in [0.29, 0.717) is 11.5 Å². The monoisotopic (exact) mass is 194 g/mol. The van der Waals surface area contributed by atoms with Gasteiger partial charge in [0.2, 0.25) is 0 Å². The molecule has 14 heavy (non-hydrogen) atoms. The molecule has 0 amide bonds. The highest BCUT2D eigenvalue weighted by Crippen LogP contribution is 2.24. The second kappa shape index (κ2) is 3.35. The van der Waals surface area contributed by atoms with Crippen LogP contribution in [0, 0.1) is 5.41 Å². The summed E-state index contributed by atoms with van der Waals surface area (Å²) in [6, 6.07) is 0.542. The van der Waals surface area contributed by atoms with Crippen LogP contribution >= 0.6 is 0 Å². The van der Waals surface area contributed by atoms with Crippen LogP contribution in [0.1, 0.15) is 26.8 Å². The minimum atomic E-state index is 0.396. The molecule has 2 rings (SSSR count). The quantitative estimate of drug-likeness (QED) is 0.709. The number of hydrogen-bond donors (Lipinski definition) is 0. The van der Waals surface area contributed by atoms with Crippen molar-refractivity contribution in [3.05, 3.63) is 12.4 Å². The van der Waals surface area contributed by atoms with Gasteiger partial charge in [0.25, 0.3) is 0 Å². The average molecular weight is 194 g/mol. The van der Waals surface area contributed by atoms with Crippen LogP contribution in [-0.4, -0.2) is 39.5 Å². The van der Waals surface area contributed by atoms with Crippen LogP contribution < -0.4 is 0 Å². The first-order valence-corrected chi connectivity index (χ1v) is 5.13. The molecule has 1 aliphatic rings. The molecule has 1 fully saturated rings. The Hall–Kier alpha value is -0.900. The molecule has 4 heteroatoms. The Bertz CT molecular complexity index is 280. The van der Waals surface area contributed by atoms with E-state index in [2.05, 4.69) is 36.0 Å². The second-order valence-electron chi connectivity index (χ2n) is 5.29. The van der Waals surface area contributed by atoms with Crippen LogP contribution in [0.2, 0.25) is 0 Å². The van der Waals surface area contributed by atoms with Gasteiger partial charge in [0.15, 0.2) is 0 Å². The van der Waals surface area contributed by atoms with E-state index in [0.717, 1.165) is 19.6 Å². The molecule has 4 nitrogen and oxygen atoms in total. The molecule has 0 aromatic carbocycles. The molecular formula is C10H18N4. The first kappa shape index (κ1) is 9.65. The first-order chi connectivity index (χ1) is 6.54. The van der Waals surface area contributed by atoms with Crippen molar-refractivity contribution in [2.24, 2.45) is 5.41 Å². The third kappa shape index (κ3) is 2.12. The zero-order chi connectivity index (χ0) is 10.2. The summed E-state index contributed by atoms with van der Waals surface area (Å²) in [5.41, 5.74) is 0.396. The van der Waals surface area contributed by atoms with Crippen molar-refractivity contribution in [2.75, 3.05) is 19.6 Å². The molecule has 2 heterocycles. The van der Waals surface area contributed by atoms with Crippen LogP contribution in [0.3, 0.4) is 0 Å². The topological polar surface area (TPSA) is 34.0 Å². The SMILES string of the molecule is CC(C)(C)CN1CC(n2ccnn2)C1. The molecule has 1 aromatic heterocycles. The Morgan fingerprint density at radius 2 is 2.07 bits per heavy atom. The standard InChI is InChI=1S/C10H18N4/c1-10(2,3)8-13-6-9(7-13)14-5-4-11-12-14/h4-5,9H,6-8H2,1-3H3. The Morgan fingerprint density at radius 1 is 1.36 bits per heavy atom. The fourth-order valence-corrected chi connectivity index (χ4v) is 1.92. The van der Waals surface area contributed by atoms with Gasteiger partial charge in [-0.05, 0) is 5.41 Å². The van der Waals surface area contributed by atoms with Crippen LogP contribution in [0.15, 0.2) is 12.4 Å². The van der Waals surface area contributed by atoms with Gasteiger partial charge in [-0.1, -0.05) is 26.0 Å². The van der Waals surface area contributed by atoms with E-state index in [1.165, 1.54) is 0 Å². The fourth-order valence-electron chi connectivity index (χ4n) is 1.92. The number of nitrogens with zero attached hydrogens (tertiary/aromatic N) is 4. The zero-order valence-corrected chi connectivity index (χ0v) is 9.14. The molecule has 0 spiro atoms. The number of aromatic nitrogens is 3. The highest BCUT2D eigenvalue weighted by Gasteiger charge is 2.30. The number of hydrogen-bond acceptors (Lipinski definition) is 3. The summed E-state index contributed by atoms with van der Waals surface area (Å²) in [6.07, 6.45) is 3.69. The summed E-state index contributed by atoms with van der Waals surface area (Å²) in [5, 5.41) is 7.83. The summed E-state index contributed by atoms with van der Waals surface area (Å²) >= 11 is 0. The average Bonchev–Trinajstić information content (AvgIpc) is 2.45. The van der Waals surface area contributed by atoms with Gasteiger partial charge in [0, 0.05) is 25.8 Å². The van der Waals surface area contributed by atoms with Gasteiger partial charge in [-0.25, -0.2) is 4.68 Å². The molecule has 1 saturated heterocycles. The Kier molecular flexibility index (Phi) is 2.31. The van der Waals surface area contributed by atoms with Crippen molar-refractivity contribution in [3.8, 4) is 0 Å². The second-order valence-corrected chi connectivity index (χ2v) is 5.29. The smallest absolute Gasteiger partial charge is 0.0790 e. The van der Waals surface area contributed by atoms with Gasteiger partial charge in [-0.2, -0.15) is 0 Å². The van der Waals surface area contributed by atoms with Crippen molar-refractivity contribution in [3.63, 3.8) is 0 Å². The molecule has 1 aliphatic heterocycles. The highest BCUT2D eigenvalue weighted by atomic mass is 15.5. The van der Waals surface area contributed by atoms with E-state index in [9.17, 15) is 0 Å². The predicted octanol–water partition coefficient (Wildman–Crippen LogP) is 1.18. The summed E-state index contributed by atoms with van der Waals surface area (Å²) < 4.78 is 1.96. The van der Waals surface area contributed by atoms with Gasteiger partial charge in [0.1, 0.15) is 0 Å². The van der Waals surface area contributed by atoms with Crippen molar-refractivity contribution in [1.82, 2.24) is 19.9 Å². The molecule has 0 saturated carbocycles. The van der Waals surface area contributed by atoms with E-state index >= 15 is 0 Å². The Balaban J connectivity index is 1.80. The summed E-state index contributed by atoms with van der Waals surface area (Å²) in [7, 11) is 0. The molecular weight excluding hydrogens is 176 g/mol. The maximum atomic E-state index is 4.01. The van der Waals surface area contributed by atoms with Gasteiger partial charge in [0.05, 0.1) is 12.2 Å². The van der Waals surface area contributed by atoms with Crippen molar-refractivity contribution < 1.29 is 0 Å². The van der Waals surface area contributed by atoms with E-state index in [-0.39, 0.29) is 0 Å². The maximum absolute atomic E-state index is 4.01. The van der Waals surface area contributed by atoms with Gasteiger partial charge in [-0.15, -0.1) is 5.10 Å². The molecule has 78 valence electrons. The summed E-state index contributed by atoms with van der Waals surface area (Å²) in [6.45, 7) is 10.2. The molecule has 0 bridgehead atoms. The third-order valence-corrected chi connectivity index (χ3v) is 2.45. The predicted molar refractivity (Wildman–Crippen MR) is 55.0 cm³/mol. The maximum Gasteiger partial charge on any atom is 0.0790 e. The van der Waals surface area contributed by atoms with E-state index in [1.54, 1.807) is 6.20 Å². The molecule has 0 N–H and O–H groups in total. The molecule has 0 aliphatic carbocycles. The lowest BCUT2D eigenvalue weighted by atomic mass is 9.93. The molecule has 1 aromatic rings. The lowest BCUT2D eigenvalue weighted by molar-refractivity contribution is 0.0629.